The van der Waals surface area contributed by atoms with Crippen molar-refractivity contribution in [2.75, 3.05) is 0 Å². The molecule has 5 nitrogen and oxygen atoms in total. The number of rotatable bonds is 5. The van der Waals surface area contributed by atoms with E-state index in [1.807, 2.05) is 0 Å². The van der Waals surface area contributed by atoms with Gasteiger partial charge in [-0.15, -0.1) is 0 Å². The van der Waals surface area contributed by atoms with Crippen molar-refractivity contribution in [1.29, 1.82) is 0 Å². The number of esters is 1. The summed E-state index contributed by atoms with van der Waals surface area (Å²) in [5, 5.41) is 4.56. The molecule has 0 bridgehead atoms. The third-order valence-electron chi connectivity index (χ3n) is 3.37. The van der Waals surface area contributed by atoms with Gasteiger partial charge in [0.25, 0.3) is 0 Å². The molecule has 0 spiro atoms. The van der Waals surface area contributed by atoms with Crippen LogP contribution in [-0.4, -0.2) is 27.6 Å². The van der Waals surface area contributed by atoms with Crippen molar-refractivity contribution in [3.63, 3.8) is 0 Å². The molecule has 2 rings (SSSR count). The number of halogens is 2. The molecular formula is C17H16ClFN2O3. The Bertz CT molecular complexity index is 797. The van der Waals surface area contributed by atoms with E-state index < -0.39 is 12.1 Å². The van der Waals surface area contributed by atoms with Crippen LogP contribution in [-0.2, 0) is 14.3 Å². The molecule has 0 amide bonds. The Balaban J connectivity index is 2.23. The van der Waals surface area contributed by atoms with Crippen LogP contribution in [0.25, 0.3) is 11.8 Å². The summed E-state index contributed by atoms with van der Waals surface area (Å²) in [6.45, 7) is 4.57. The van der Waals surface area contributed by atoms with Gasteiger partial charge in [-0.1, -0.05) is 11.6 Å². The van der Waals surface area contributed by atoms with Crippen LogP contribution in [0, 0.1) is 12.7 Å². The molecule has 126 valence electrons. The van der Waals surface area contributed by atoms with Crippen molar-refractivity contribution in [3.8, 4) is 5.69 Å². The number of ether oxygens (including phenoxy) is 1. The Morgan fingerprint density at radius 2 is 1.96 bits per heavy atom. The highest BCUT2D eigenvalue weighted by Crippen LogP contribution is 2.24. The van der Waals surface area contributed by atoms with Crippen molar-refractivity contribution in [1.82, 2.24) is 9.78 Å². The Morgan fingerprint density at radius 1 is 1.33 bits per heavy atom. The van der Waals surface area contributed by atoms with Crippen LogP contribution in [0.15, 0.2) is 30.3 Å². The highest BCUT2D eigenvalue weighted by Gasteiger charge is 2.14. The number of carbonyl (C=O) groups is 2. The summed E-state index contributed by atoms with van der Waals surface area (Å²) in [5.74, 6) is -1.25. The van der Waals surface area contributed by atoms with Gasteiger partial charge < -0.3 is 4.74 Å². The fourth-order valence-corrected chi connectivity index (χ4v) is 2.24. The van der Waals surface area contributed by atoms with E-state index in [0.717, 1.165) is 0 Å². The van der Waals surface area contributed by atoms with Gasteiger partial charge in [-0.2, -0.15) is 5.10 Å². The van der Waals surface area contributed by atoms with Gasteiger partial charge in [0.05, 0.1) is 11.4 Å². The number of hydrogen-bond acceptors (Lipinski definition) is 4. The minimum Gasteiger partial charge on any atom is -0.452 e. The first-order valence-corrected chi connectivity index (χ1v) is 7.57. The fraction of sp³-hybridized carbons (Fsp3) is 0.235. The van der Waals surface area contributed by atoms with Crippen molar-refractivity contribution < 1.29 is 18.7 Å². The summed E-state index contributed by atoms with van der Waals surface area (Å²) in [7, 11) is 0. The second-order valence-electron chi connectivity index (χ2n) is 5.20. The van der Waals surface area contributed by atoms with Crippen molar-refractivity contribution >= 4 is 29.4 Å². The zero-order valence-electron chi connectivity index (χ0n) is 13.4. The maximum absolute atomic E-state index is 13.0. The molecule has 0 N–H and O–H groups in total. The van der Waals surface area contributed by atoms with Gasteiger partial charge in [-0.05, 0) is 51.1 Å². The van der Waals surface area contributed by atoms with E-state index in [0.29, 0.717) is 16.9 Å². The molecule has 2 aromatic rings. The van der Waals surface area contributed by atoms with Crippen molar-refractivity contribution in [3.05, 3.63) is 52.6 Å². The lowest BCUT2D eigenvalue weighted by atomic mass is 10.2. The predicted octanol–water partition coefficient (Wildman–Crippen LogP) is 3.51. The maximum atomic E-state index is 13.0. The maximum Gasteiger partial charge on any atom is 0.331 e. The zero-order chi connectivity index (χ0) is 17.9. The number of carbonyl (C=O) groups excluding carboxylic acids is 2. The quantitative estimate of drug-likeness (QED) is 0.611. The third-order valence-corrected chi connectivity index (χ3v) is 3.73. The van der Waals surface area contributed by atoms with E-state index >= 15 is 0 Å². The fourth-order valence-electron chi connectivity index (χ4n) is 1.90. The van der Waals surface area contributed by atoms with Crippen LogP contribution in [0.5, 0.6) is 0 Å². The van der Waals surface area contributed by atoms with Gasteiger partial charge in [0.1, 0.15) is 11.0 Å². The van der Waals surface area contributed by atoms with Crippen LogP contribution >= 0.6 is 11.6 Å². The van der Waals surface area contributed by atoms with Crippen molar-refractivity contribution in [2.45, 2.75) is 26.9 Å². The van der Waals surface area contributed by atoms with Gasteiger partial charge in [0.2, 0.25) is 0 Å². The van der Waals surface area contributed by atoms with Gasteiger partial charge in [0.15, 0.2) is 11.9 Å². The Hall–Kier alpha value is -2.47. The summed E-state index contributed by atoms with van der Waals surface area (Å²) in [4.78, 5) is 22.8. The normalized spacial score (nSPS) is 12.4. The first-order valence-electron chi connectivity index (χ1n) is 7.19. The first-order chi connectivity index (χ1) is 11.3. The summed E-state index contributed by atoms with van der Waals surface area (Å²) in [6, 6.07) is 5.70. The van der Waals surface area contributed by atoms with Crippen LogP contribution < -0.4 is 0 Å². The van der Waals surface area contributed by atoms with Crippen LogP contribution in [0.2, 0.25) is 5.15 Å². The Morgan fingerprint density at radius 3 is 2.54 bits per heavy atom. The molecule has 0 saturated carbocycles. The average Bonchev–Trinajstić information content (AvgIpc) is 2.80. The van der Waals surface area contributed by atoms with E-state index in [1.165, 1.54) is 42.8 Å². The molecule has 0 unspecified atom stereocenters. The van der Waals surface area contributed by atoms with E-state index in [9.17, 15) is 14.0 Å². The topological polar surface area (TPSA) is 61.2 Å². The first kappa shape index (κ1) is 17.9. The van der Waals surface area contributed by atoms with Crippen LogP contribution in [0.4, 0.5) is 4.39 Å². The van der Waals surface area contributed by atoms with Crippen LogP contribution in [0.3, 0.4) is 0 Å². The molecule has 0 aliphatic rings. The SMILES string of the molecule is CC(=O)[C@H](C)OC(=O)/C=C/c1c(C)nn(-c2ccc(F)cc2)c1Cl. The van der Waals surface area contributed by atoms with Gasteiger partial charge in [0, 0.05) is 11.6 Å². The summed E-state index contributed by atoms with van der Waals surface area (Å²) in [6.07, 6.45) is 1.85. The molecule has 1 heterocycles. The highest BCUT2D eigenvalue weighted by atomic mass is 35.5. The molecule has 0 radical (unpaired) electrons. The zero-order valence-corrected chi connectivity index (χ0v) is 14.2. The van der Waals surface area contributed by atoms with Gasteiger partial charge in [-0.3, -0.25) is 4.79 Å². The lowest BCUT2D eigenvalue weighted by Gasteiger charge is -2.06. The lowest BCUT2D eigenvalue weighted by Crippen LogP contribution is -2.20. The van der Waals surface area contributed by atoms with E-state index in [4.69, 9.17) is 16.3 Å². The monoisotopic (exact) mass is 350 g/mol. The molecule has 7 heteroatoms. The van der Waals surface area contributed by atoms with Crippen molar-refractivity contribution in [2.24, 2.45) is 0 Å². The van der Waals surface area contributed by atoms with Gasteiger partial charge in [-0.25, -0.2) is 13.9 Å². The number of nitrogens with zero attached hydrogens (tertiary/aromatic N) is 2. The van der Waals surface area contributed by atoms with E-state index in [2.05, 4.69) is 5.10 Å². The molecule has 0 fully saturated rings. The van der Waals surface area contributed by atoms with E-state index in [-0.39, 0.29) is 16.8 Å². The minimum absolute atomic E-state index is 0.241. The second-order valence-corrected chi connectivity index (χ2v) is 5.56. The molecule has 0 aliphatic carbocycles. The van der Waals surface area contributed by atoms with Crippen LogP contribution in [0.1, 0.15) is 25.1 Å². The molecule has 1 aromatic carbocycles. The smallest absolute Gasteiger partial charge is 0.331 e. The largest absolute Gasteiger partial charge is 0.452 e. The lowest BCUT2D eigenvalue weighted by molar-refractivity contribution is -0.148. The number of hydrogen-bond donors (Lipinski definition) is 0. The standard InChI is InChI=1S/C17H16ClFN2O3/c1-10-15(8-9-16(23)24-12(3)11(2)22)17(18)21(20-10)14-6-4-13(19)5-7-14/h4-9,12H,1-3H3/b9-8+/t12-/m0/s1. The van der Waals surface area contributed by atoms with E-state index in [1.54, 1.807) is 19.1 Å². The highest BCUT2D eigenvalue weighted by molar-refractivity contribution is 6.31. The predicted molar refractivity (Wildman–Crippen MR) is 88.5 cm³/mol. The number of ketones is 1. The molecule has 1 atom stereocenters. The number of aromatic nitrogens is 2. The molecule has 0 aliphatic heterocycles. The molecule has 0 saturated heterocycles. The summed E-state index contributed by atoms with van der Waals surface area (Å²) < 4.78 is 19.4. The third kappa shape index (κ3) is 4.08. The molecular weight excluding hydrogens is 335 g/mol. The second kappa shape index (κ2) is 7.40. The number of benzene rings is 1. The Labute approximate surface area is 143 Å². The number of Topliss-reactive ketones (excluding diaryl/α,β-unsaturated/α-hetero) is 1. The molecule has 1 aromatic heterocycles. The van der Waals surface area contributed by atoms with Gasteiger partial charge >= 0.3 is 5.97 Å². The summed E-state index contributed by atoms with van der Waals surface area (Å²) >= 11 is 6.29. The molecule has 24 heavy (non-hydrogen) atoms. The Kier molecular flexibility index (Phi) is 5.51. The minimum atomic E-state index is -0.805. The average molecular weight is 351 g/mol. The number of aryl methyl sites for hydroxylation is 1. The summed E-state index contributed by atoms with van der Waals surface area (Å²) in [5.41, 5.74) is 1.72.